The lowest BCUT2D eigenvalue weighted by Crippen LogP contribution is -2.44. The zero-order chi connectivity index (χ0) is 27.3. The first-order valence-electron chi connectivity index (χ1n) is 11.5. The van der Waals surface area contributed by atoms with Crippen molar-refractivity contribution in [3.63, 3.8) is 0 Å². The van der Waals surface area contributed by atoms with Crippen LogP contribution in [0.3, 0.4) is 0 Å². The monoisotopic (exact) mass is 528 g/mol. The maximum Gasteiger partial charge on any atom is 0.490 e. The molecule has 1 aromatic carbocycles. The molecule has 0 unspecified atom stereocenters. The van der Waals surface area contributed by atoms with E-state index in [-0.39, 0.29) is 11.8 Å². The topological polar surface area (TPSA) is 133 Å². The number of aliphatic carboxylic acids is 1. The predicted octanol–water partition coefficient (Wildman–Crippen LogP) is 3.35. The number of halogens is 4. The molecule has 0 atom stereocenters. The molecular weight excluding hydrogens is 500 g/mol. The molecule has 37 heavy (non-hydrogen) atoms. The van der Waals surface area contributed by atoms with Gasteiger partial charge in [0.25, 0.3) is 0 Å². The third kappa shape index (κ3) is 6.67. The number of imidazole rings is 1. The first kappa shape index (κ1) is 27.7. The molecule has 2 aromatic heterocycles. The Kier molecular flexibility index (Phi) is 8.57. The van der Waals surface area contributed by atoms with Crippen LogP contribution in [0.25, 0.3) is 22.6 Å². The van der Waals surface area contributed by atoms with Gasteiger partial charge < -0.3 is 30.1 Å². The number of hydrogen-bond acceptors (Lipinski definition) is 6. The maximum atomic E-state index is 14.8. The van der Waals surface area contributed by atoms with Crippen molar-refractivity contribution in [2.45, 2.75) is 20.0 Å². The second-order valence-electron chi connectivity index (χ2n) is 8.25. The molecule has 202 valence electrons. The van der Waals surface area contributed by atoms with E-state index >= 15 is 0 Å². The van der Waals surface area contributed by atoms with E-state index in [9.17, 15) is 22.4 Å². The highest BCUT2D eigenvalue weighted by Gasteiger charge is 2.38. The Bertz CT molecular complexity index is 1230. The summed E-state index contributed by atoms with van der Waals surface area (Å²) in [5, 5.41) is 17.0. The number of carboxylic acids is 1. The average molecular weight is 529 g/mol. The van der Waals surface area contributed by atoms with Gasteiger partial charge in [-0.3, -0.25) is 5.10 Å². The summed E-state index contributed by atoms with van der Waals surface area (Å²) in [6.07, 6.45) is -3.47. The Balaban J connectivity index is 0.000000479. The first-order chi connectivity index (χ1) is 17.4. The zero-order valence-electron chi connectivity index (χ0n) is 20.5. The largest absolute Gasteiger partial charge is 0.490 e. The fourth-order valence-corrected chi connectivity index (χ4v) is 3.69. The Morgan fingerprint density at radius 2 is 1.78 bits per heavy atom. The predicted molar refractivity (Wildman–Crippen MR) is 129 cm³/mol. The number of urea groups is 1. The zero-order valence-corrected chi connectivity index (χ0v) is 20.5. The summed E-state index contributed by atoms with van der Waals surface area (Å²) >= 11 is 0. The van der Waals surface area contributed by atoms with Gasteiger partial charge in [-0.1, -0.05) is 0 Å². The number of carboxylic acid groups (broad SMARTS) is 1. The Morgan fingerprint density at radius 3 is 2.35 bits per heavy atom. The van der Waals surface area contributed by atoms with Crippen LogP contribution in [0.1, 0.15) is 13.8 Å². The molecular formula is C22H28F4N8O3. The van der Waals surface area contributed by atoms with E-state index in [2.05, 4.69) is 42.3 Å². The van der Waals surface area contributed by atoms with E-state index in [1.807, 2.05) is 13.8 Å². The highest BCUT2D eigenvalue weighted by molar-refractivity contribution is 5.93. The molecule has 0 spiro atoms. The summed E-state index contributed by atoms with van der Waals surface area (Å²) < 4.78 is 46.5. The summed E-state index contributed by atoms with van der Waals surface area (Å²) in [4.78, 5) is 35.0. The minimum atomic E-state index is -5.08. The number of likely N-dealkylation sites (N-methyl/N-ethyl adjacent to an activating group) is 1. The van der Waals surface area contributed by atoms with E-state index in [0.29, 0.717) is 41.5 Å². The lowest BCUT2D eigenvalue weighted by Gasteiger charge is -2.34. The van der Waals surface area contributed by atoms with Crippen molar-refractivity contribution in [3.8, 4) is 11.5 Å². The molecule has 1 fully saturated rings. The van der Waals surface area contributed by atoms with Crippen molar-refractivity contribution in [2.75, 3.05) is 56.5 Å². The van der Waals surface area contributed by atoms with Gasteiger partial charge in [-0.25, -0.2) is 19.0 Å². The lowest BCUT2D eigenvalue weighted by atomic mass is 10.2. The van der Waals surface area contributed by atoms with Crippen LogP contribution < -0.4 is 10.2 Å². The first-order valence-corrected chi connectivity index (χ1v) is 11.5. The molecule has 3 aromatic rings. The Labute approximate surface area is 209 Å². The number of carbonyl (C=O) groups is 2. The Morgan fingerprint density at radius 1 is 1.16 bits per heavy atom. The van der Waals surface area contributed by atoms with Gasteiger partial charge in [0, 0.05) is 51.5 Å². The minimum Gasteiger partial charge on any atom is -0.475 e. The van der Waals surface area contributed by atoms with Crippen LogP contribution in [0.5, 0.6) is 0 Å². The summed E-state index contributed by atoms with van der Waals surface area (Å²) in [5.41, 5.74) is 2.82. The number of aromatic nitrogens is 4. The molecule has 0 saturated carbocycles. The molecule has 11 nitrogen and oxygen atoms in total. The molecule has 3 heterocycles. The molecule has 4 N–H and O–H groups in total. The number of carbonyl (C=O) groups excluding carboxylic acids is 1. The molecule has 2 amide bonds. The smallest absolute Gasteiger partial charge is 0.475 e. The number of alkyl halides is 3. The molecule has 1 aliphatic heterocycles. The summed E-state index contributed by atoms with van der Waals surface area (Å²) in [7, 11) is 2.07. The molecule has 1 saturated heterocycles. The number of hydrogen-bond donors (Lipinski definition) is 4. The molecule has 0 bridgehead atoms. The third-order valence-corrected chi connectivity index (χ3v) is 5.79. The van der Waals surface area contributed by atoms with Gasteiger partial charge in [0.15, 0.2) is 11.5 Å². The van der Waals surface area contributed by atoms with E-state index in [4.69, 9.17) is 9.90 Å². The van der Waals surface area contributed by atoms with Crippen LogP contribution in [0.15, 0.2) is 18.3 Å². The number of aromatic amines is 2. The number of H-pyrrole nitrogens is 2. The quantitative estimate of drug-likeness (QED) is 0.373. The Hall–Kier alpha value is -3.88. The van der Waals surface area contributed by atoms with Crippen LogP contribution in [-0.2, 0) is 4.79 Å². The van der Waals surface area contributed by atoms with Crippen molar-refractivity contribution in [1.29, 1.82) is 0 Å². The van der Waals surface area contributed by atoms with Crippen molar-refractivity contribution in [2.24, 2.45) is 0 Å². The highest BCUT2D eigenvalue weighted by Crippen LogP contribution is 2.30. The van der Waals surface area contributed by atoms with Crippen molar-refractivity contribution in [3.05, 3.63) is 24.1 Å². The summed E-state index contributed by atoms with van der Waals surface area (Å²) in [6.45, 7) is 8.41. The van der Waals surface area contributed by atoms with Crippen molar-refractivity contribution in [1.82, 2.24) is 30.0 Å². The maximum absolute atomic E-state index is 14.8. The number of piperazine rings is 1. The third-order valence-electron chi connectivity index (χ3n) is 5.79. The van der Waals surface area contributed by atoms with E-state index < -0.39 is 12.1 Å². The van der Waals surface area contributed by atoms with Crippen LogP contribution in [0.4, 0.5) is 33.7 Å². The van der Waals surface area contributed by atoms with Crippen LogP contribution >= 0.6 is 0 Å². The number of rotatable bonds is 5. The van der Waals surface area contributed by atoms with Gasteiger partial charge in [-0.05, 0) is 27.0 Å². The van der Waals surface area contributed by atoms with Gasteiger partial charge in [-0.2, -0.15) is 18.3 Å². The molecule has 0 radical (unpaired) electrons. The van der Waals surface area contributed by atoms with Crippen LogP contribution in [-0.4, -0.2) is 99.6 Å². The van der Waals surface area contributed by atoms with Gasteiger partial charge in [0.2, 0.25) is 0 Å². The molecule has 0 aliphatic carbocycles. The molecule has 1 aliphatic rings. The normalized spacial score (nSPS) is 14.3. The number of fused-ring (bicyclic) bond motifs is 1. The van der Waals surface area contributed by atoms with E-state index in [1.165, 1.54) is 6.07 Å². The lowest BCUT2D eigenvalue weighted by molar-refractivity contribution is -0.192. The number of nitrogens with zero attached hydrogens (tertiary/aromatic N) is 5. The minimum absolute atomic E-state index is 0.206. The van der Waals surface area contributed by atoms with Gasteiger partial charge in [0.1, 0.15) is 5.82 Å². The fourth-order valence-electron chi connectivity index (χ4n) is 3.69. The summed E-state index contributed by atoms with van der Waals surface area (Å²) in [6, 6.07) is 3.04. The second-order valence-corrected chi connectivity index (χ2v) is 8.25. The van der Waals surface area contributed by atoms with E-state index in [1.54, 1.807) is 17.2 Å². The highest BCUT2D eigenvalue weighted by atomic mass is 19.4. The van der Waals surface area contributed by atoms with Gasteiger partial charge in [0.05, 0.1) is 22.4 Å². The summed E-state index contributed by atoms with van der Waals surface area (Å²) in [5.74, 6) is -2.58. The second kappa shape index (κ2) is 11.5. The number of nitrogens with one attached hydrogen (secondary N) is 3. The number of benzene rings is 1. The number of amides is 2. The standard InChI is InChI=1S/C20H27FN8O.C2HF3O2/c1-4-28(5-2)20(30)25-16-12-22-26-18(16)19-23-14-10-13(21)17(11-15(14)24-19)29-8-6-27(3)7-9-29;3-2(4,5)1(6)7/h10-12H,4-9H2,1-3H3,(H,22,26)(H,23,24)(H,25,30);(H,6,7). The molecule has 15 heteroatoms. The van der Waals surface area contributed by atoms with Gasteiger partial charge in [-0.15, -0.1) is 0 Å². The average Bonchev–Trinajstić information content (AvgIpc) is 3.46. The SMILES string of the molecule is CCN(CC)C(=O)Nc1c[nH]nc1-c1nc2cc(F)c(N3CCN(C)CC3)cc2[nH]1.O=C(O)C(F)(F)F. The molecule has 4 rings (SSSR count). The van der Waals surface area contributed by atoms with E-state index in [0.717, 1.165) is 31.7 Å². The van der Waals surface area contributed by atoms with Gasteiger partial charge >= 0.3 is 18.2 Å². The fraction of sp³-hybridized carbons (Fsp3) is 0.455. The van der Waals surface area contributed by atoms with Crippen molar-refractivity contribution < 1.29 is 32.3 Å². The van der Waals surface area contributed by atoms with Crippen molar-refractivity contribution >= 4 is 34.4 Å². The van der Waals surface area contributed by atoms with Crippen LogP contribution in [0, 0.1) is 5.82 Å². The van der Waals surface area contributed by atoms with Crippen LogP contribution in [0.2, 0.25) is 0 Å². The number of anilines is 2.